The first kappa shape index (κ1) is 33.2. The van der Waals surface area contributed by atoms with Crippen LogP contribution in [-0.4, -0.2) is 85.5 Å². The summed E-state index contributed by atoms with van der Waals surface area (Å²) in [5.41, 5.74) is 15.4. The Morgan fingerprint density at radius 2 is 1.95 bits per heavy atom. The number of hydrogen-bond donors (Lipinski definition) is 4. The number of carboxylic acids is 1. The molecule has 11 nitrogen and oxygen atoms in total. The number of fused-ring (bicyclic) bond motifs is 1. The van der Waals surface area contributed by atoms with Crippen LogP contribution < -0.4 is 21.7 Å². The Morgan fingerprint density at radius 3 is 2.59 bits per heavy atom. The molecule has 3 aliphatic rings. The molecule has 0 spiro atoms. The fourth-order valence-electron chi connectivity index (χ4n) is 5.80. The third-order valence-corrected chi connectivity index (χ3v) is 7.91. The number of allylic oxidation sites excluding steroid dienone is 1. The molecule has 1 atom stereocenters. The highest BCUT2D eigenvalue weighted by molar-refractivity contribution is 6.10. The summed E-state index contributed by atoms with van der Waals surface area (Å²) in [5.74, 6) is -1.14. The first-order chi connectivity index (χ1) is 20.9. The lowest BCUT2D eigenvalue weighted by molar-refractivity contribution is -0.135. The molecule has 0 aromatic heterocycles. The number of hydrogen-bond acceptors (Lipinski definition) is 9. The number of nitrogens with two attached hydrogens (primary N) is 2. The van der Waals surface area contributed by atoms with Gasteiger partial charge in [0.1, 0.15) is 18.3 Å². The number of rotatable bonds is 9. The van der Waals surface area contributed by atoms with E-state index in [1.807, 2.05) is 25.7 Å². The van der Waals surface area contributed by atoms with E-state index < -0.39 is 36.8 Å². The van der Waals surface area contributed by atoms with Gasteiger partial charge in [-0.1, -0.05) is 0 Å². The second-order valence-electron chi connectivity index (χ2n) is 12.3. The number of aryl methyl sites for hydroxylation is 1. The Hall–Kier alpha value is -3.71. The Kier molecular flexibility index (Phi) is 10.8. The van der Waals surface area contributed by atoms with Crippen molar-refractivity contribution in [2.75, 3.05) is 44.3 Å². The van der Waals surface area contributed by atoms with Crippen LogP contribution in [0.3, 0.4) is 0 Å². The van der Waals surface area contributed by atoms with E-state index in [-0.39, 0.29) is 29.3 Å². The molecular weight excluding hydrogens is 574 g/mol. The minimum Gasteiger partial charge on any atom is -0.480 e. The number of anilines is 1. The fourth-order valence-corrected chi connectivity index (χ4v) is 5.80. The van der Waals surface area contributed by atoms with Crippen molar-refractivity contribution in [3.63, 3.8) is 0 Å². The number of amides is 1. The van der Waals surface area contributed by atoms with Gasteiger partial charge in [-0.15, -0.1) is 0 Å². The van der Waals surface area contributed by atoms with Gasteiger partial charge in [0.2, 0.25) is 0 Å². The molecule has 44 heavy (non-hydrogen) atoms. The molecule has 1 unspecified atom stereocenters. The van der Waals surface area contributed by atoms with Gasteiger partial charge in [-0.25, -0.2) is 13.6 Å². The van der Waals surface area contributed by atoms with Gasteiger partial charge in [-0.05, 0) is 69.7 Å². The smallest absolute Gasteiger partial charge is 0.410 e. The number of carbonyl (C=O) groups is 2. The number of aliphatic imine (C=N–C) groups is 1. The molecule has 3 heterocycles. The number of carboxylic acid groups (broad SMARTS) is 1. The van der Waals surface area contributed by atoms with E-state index in [1.54, 1.807) is 11.0 Å². The summed E-state index contributed by atoms with van der Waals surface area (Å²) in [7, 11) is 0. The second-order valence-corrected chi connectivity index (χ2v) is 12.3. The number of halogens is 2. The van der Waals surface area contributed by atoms with E-state index in [1.165, 1.54) is 12.3 Å². The molecule has 1 fully saturated rings. The number of carbonyl (C=O) groups excluding carboxylic acids is 1. The molecule has 1 aromatic carbocycles. The Morgan fingerprint density at radius 1 is 1.23 bits per heavy atom. The van der Waals surface area contributed by atoms with E-state index in [4.69, 9.17) is 26.0 Å². The second kappa shape index (κ2) is 14.4. The van der Waals surface area contributed by atoms with Crippen molar-refractivity contribution in [2.45, 2.75) is 77.1 Å². The molecule has 6 N–H and O–H groups in total. The lowest BCUT2D eigenvalue weighted by atomic mass is 9.91. The highest BCUT2D eigenvalue weighted by Gasteiger charge is 2.34. The zero-order valence-electron chi connectivity index (χ0n) is 25.7. The molecule has 3 aliphatic heterocycles. The Bertz CT molecular complexity index is 1300. The molecule has 0 bridgehead atoms. The van der Waals surface area contributed by atoms with Crippen molar-refractivity contribution < 1.29 is 33.0 Å². The maximum absolute atomic E-state index is 14.5. The van der Waals surface area contributed by atoms with Gasteiger partial charge in [0.15, 0.2) is 0 Å². The largest absolute Gasteiger partial charge is 0.480 e. The summed E-state index contributed by atoms with van der Waals surface area (Å²) < 4.78 is 40.1. The minimum atomic E-state index is -2.83. The van der Waals surface area contributed by atoms with Crippen molar-refractivity contribution in [3.05, 3.63) is 46.3 Å². The molecular formula is C31H44F2N6O5. The molecule has 0 aliphatic carbocycles. The normalized spacial score (nSPS) is 19.4. The molecule has 0 radical (unpaired) electrons. The lowest BCUT2D eigenvalue weighted by Gasteiger charge is -2.42. The first-order valence-corrected chi connectivity index (χ1v) is 15.0. The van der Waals surface area contributed by atoms with Crippen LogP contribution in [0.4, 0.5) is 19.3 Å². The van der Waals surface area contributed by atoms with Crippen molar-refractivity contribution in [1.82, 2.24) is 10.2 Å². The number of ether oxygens (including phenoxy) is 2. The highest BCUT2D eigenvalue weighted by Crippen LogP contribution is 2.38. The van der Waals surface area contributed by atoms with Crippen LogP contribution in [0.25, 0.3) is 5.57 Å². The molecule has 1 saturated heterocycles. The van der Waals surface area contributed by atoms with Gasteiger partial charge in [-0.3, -0.25) is 9.79 Å². The third kappa shape index (κ3) is 8.26. The van der Waals surface area contributed by atoms with E-state index in [2.05, 4.69) is 10.3 Å². The van der Waals surface area contributed by atoms with Crippen LogP contribution in [-0.2, 0) is 20.7 Å². The maximum Gasteiger partial charge on any atom is 0.410 e. The number of benzene rings is 1. The molecule has 0 saturated carbocycles. The Labute approximate surface area is 256 Å². The first-order valence-electron chi connectivity index (χ1n) is 15.0. The summed E-state index contributed by atoms with van der Waals surface area (Å²) in [5, 5.41) is 12.6. The summed E-state index contributed by atoms with van der Waals surface area (Å²) in [6.45, 7) is 7.51. The van der Waals surface area contributed by atoms with Crippen LogP contribution in [0.1, 0.15) is 69.6 Å². The predicted octanol–water partition coefficient (Wildman–Crippen LogP) is 3.78. The van der Waals surface area contributed by atoms with Crippen molar-refractivity contribution in [3.8, 4) is 0 Å². The summed E-state index contributed by atoms with van der Waals surface area (Å²) in [4.78, 5) is 31.4. The standard InChI is InChI=1S/C31H44F2N6O5/c1-31(2,3)44-30(42)38-10-6-25(37-21-7-11-43-12-8-21)24(18-38)29(35)39-9-4-5-19-13-22(23(28(32)33)14-26(19)39)20(15-34)16-36-17-27(40)41/h13-16,21,28-29,37H,4-12,17-18,34-35H2,1-3H3,(H,40,41). The minimum absolute atomic E-state index is 0.195. The number of alkyl halides is 2. The monoisotopic (exact) mass is 618 g/mol. The Balaban J connectivity index is 1.70. The van der Waals surface area contributed by atoms with Crippen molar-refractivity contribution in [1.29, 1.82) is 0 Å². The van der Waals surface area contributed by atoms with Gasteiger partial charge in [0.25, 0.3) is 6.43 Å². The van der Waals surface area contributed by atoms with Crippen LogP contribution in [0, 0.1) is 0 Å². The van der Waals surface area contributed by atoms with Crippen molar-refractivity contribution >= 4 is 29.5 Å². The molecule has 242 valence electrons. The van der Waals surface area contributed by atoms with Gasteiger partial charge in [-0.2, -0.15) is 0 Å². The highest BCUT2D eigenvalue weighted by atomic mass is 19.3. The van der Waals surface area contributed by atoms with Crippen LogP contribution in [0.15, 0.2) is 34.6 Å². The number of nitrogens with zero attached hydrogens (tertiary/aromatic N) is 3. The third-order valence-electron chi connectivity index (χ3n) is 7.91. The molecule has 1 aromatic rings. The number of aliphatic carboxylic acids is 1. The van der Waals surface area contributed by atoms with E-state index >= 15 is 0 Å². The van der Waals surface area contributed by atoms with Crippen LogP contribution in [0.5, 0.6) is 0 Å². The average Bonchev–Trinajstić information content (AvgIpc) is 2.97. The fraction of sp³-hybridized carbons (Fsp3) is 0.581. The zero-order valence-corrected chi connectivity index (χ0v) is 25.7. The molecule has 13 heteroatoms. The van der Waals surface area contributed by atoms with E-state index in [9.17, 15) is 18.4 Å². The lowest BCUT2D eigenvalue weighted by Crippen LogP contribution is -2.53. The van der Waals surface area contributed by atoms with Gasteiger partial charge < -0.3 is 41.2 Å². The van der Waals surface area contributed by atoms with Crippen molar-refractivity contribution in [2.24, 2.45) is 16.5 Å². The van der Waals surface area contributed by atoms with Gasteiger partial charge >= 0.3 is 12.1 Å². The summed E-state index contributed by atoms with van der Waals surface area (Å²) in [6, 6.07) is 3.33. The van der Waals surface area contributed by atoms with Gasteiger partial charge in [0.05, 0.1) is 6.54 Å². The molecule has 4 rings (SSSR count). The summed E-state index contributed by atoms with van der Waals surface area (Å²) in [6.07, 6.45) is 2.02. The SMILES string of the molecule is CC(C)(C)OC(=O)N1CCC(NC2CCOCC2)=C(C(N)N2CCCc3cc(C(C=NCC(=O)O)=CN)c(C(F)F)cc32)C1. The maximum atomic E-state index is 14.5. The summed E-state index contributed by atoms with van der Waals surface area (Å²) >= 11 is 0. The van der Waals surface area contributed by atoms with Gasteiger partial charge in [0, 0.05) is 79.3 Å². The molecule has 1 amide bonds. The van der Waals surface area contributed by atoms with E-state index in [0.717, 1.165) is 42.3 Å². The predicted molar refractivity (Wildman–Crippen MR) is 165 cm³/mol. The van der Waals surface area contributed by atoms with Crippen LogP contribution in [0.2, 0.25) is 0 Å². The quantitative estimate of drug-likeness (QED) is 0.303. The van der Waals surface area contributed by atoms with Crippen LogP contribution >= 0.6 is 0 Å². The van der Waals surface area contributed by atoms with E-state index in [0.29, 0.717) is 44.8 Å². The topological polar surface area (TPSA) is 156 Å². The average molecular weight is 619 g/mol. The number of nitrogens with one attached hydrogen (secondary N) is 1. The zero-order chi connectivity index (χ0) is 32.0.